The summed E-state index contributed by atoms with van der Waals surface area (Å²) >= 11 is 11.6. The number of amides is 1. The van der Waals surface area contributed by atoms with E-state index >= 15 is 0 Å². The Bertz CT molecular complexity index is 1100. The molecule has 0 radical (unpaired) electrons. The van der Waals surface area contributed by atoms with E-state index in [0.717, 1.165) is 18.2 Å². The smallest absolute Gasteiger partial charge is 0.420 e. The zero-order valence-electron chi connectivity index (χ0n) is 15.0. The van der Waals surface area contributed by atoms with Crippen molar-refractivity contribution in [3.05, 3.63) is 93.5 Å². The van der Waals surface area contributed by atoms with E-state index in [1.54, 1.807) is 12.1 Å². The lowest BCUT2D eigenvalue weighted by Gasteiger charge is -2.16. The number of benzene rings is 3. The van der Waals surface area contributed by atoms with E-state index in [9.17, 15) is 22.8 Å². The molecule has 0 aliphatic carbocycles. The third-order valence-corrected chi connectivity index (χ3v) is 4.41. The third kappa shape index (κ3) is 5.11. The van der Waals surface area contributed by atoms with Crippen LogP contribution in [-0.4, -0.2) is 11.9 Å². The predicted octanol–water partition coefficient (Wildman–Crippen LogP) is 6.48. The van der Waals surface area contributed by atoms with Gasteiger partial charge in [0.05, 0.1) is 16.7 Å². The van der Waals surface area contributed by atoms with Crippen LogP contribution in [0.3, 0.4) is 0 Å². The molecular weight excluding hydrogens is 442 g/mol. The maximum atomic E-state index is 13.5. The molecule has 0 unspecified atom stereocenters. The van der Waals surface area contributed by atoms with Crippen molar-refractivity contribution < 1.29 is 27.5 Å². The Morgan fingerprint density at radius 1 is 0.867 bits per heavy atom. The summed E-state index contributed by atoms with van der Waals surface area (Å²) in [4.78, 5) is 25.1. The van der Waals surface area contributed by atoms with Crippen LogP contribution in [0.25, 0.3) is 0 Å². The van der Waals surface area contributed by atoms with Crippen molar-refractivity contribution in [2.24, 2.45) is 0 Å². The Kier molecular flexibility index (Phi) is 6.34. The molecular formula is C21H12Cl2F3NO3. The molecule has 30 heavy (non-hydrogen) atoms. The minimum absolute atomic E-state index is 0.0300. The Labute approximate surface area is 179 Å². The first-order valence-corrected chi connectivity index (χ1v) is 9.15. The molecule has 0 saturated heterocycles. The Balaban J connectivity index is 1.99. The quantitative estimate of drug-likeness (QED) is 0.363. The number of carbonyl (C=O) groups is 2. The molecule has 9 heteroatoms. The fraction of sp³-hybridized carbons (Fsp3) is 0.0476. The van der Waals surface area contributed by atoms with Gasteiger partial charge in [-0.3, -0.25) is 4.79 Å². The zero-order valence-corrected chi connectivity index (χ0v) is 16.5. The highest BCUT2D eigenvalue weighted by Gasteiger charge is 2.37. The average Bonchev–Trinajstić information content (AvgIpc) is 2.67. The number of halogens is 5. The fourth-order valence-electron chi connectivity index (χ4n) is 2.55. The van der Waals surface area contributed by atoms with E-state index < -0.39 is 34.9 Å². The molecule has 1 N–H and O–H groups in total. The van der Waals surface area contributed by atoms with E-state index in [2.05, 4.69) is 5.32 Å². The molecule has 3 rings (SSSR count). The molecule has 0 fully saturated rings. The van der Waals surface area contributed by atoms with Crippen molar-refractivity contribution in [2.75, 3.05) is 5.32 Å². The van der Waals surface area contributed by atoms with E-state index in [-0.39, 0.29) is 11.3 Å². The van der Waals surface area contributed by atoms with Gasteiger partial charge in [-0.2, -0.15) is 13.2 Å². The summed E-state index contributed by atoms with van der Waals surface area (Å²) in [6.45, 7) is 0. The van der Waals surface area contributed by atoms with Gasteiger partial charge in [-0.15, -0.1) is 0 Å². The highest BCUT2D eigenvalue weighted by atomic mass is 35.5. The number of ether oxygens (including phenoxy) is 1. The molecule has 0 aromatic heterocycles. The maximum absolute atomic E-state index is 13.5. The van der Waals surface area contributed by atoms with Gasteiger partial charge >= 0.3 is 12.1 Å². The number of hydrogen-bond acceptors (Lipinski definition) is 3. The lowest BCUT2D eigenvalue weighted by atomic mass is 10.1. The number of rotatable bonds is 4. The van der Waals surface area contributed by atoms with Crippen LogP contribution in [0.1, 0.15) is 26.3 Å². The van der Waals surface area contributed by atoms with Gasteiger partial charge in [0, 0.05) is 15.7 Å². The van der Waals surface area contributed by atoms with Gasteiger partial charge < -0.3 is 10.1 Å². The van der Waals surface area contributed by atoms with Crippen molar-refractivity contribution in [2.45, 2.75) is 6.18 Å². The van der Waals surface area contributed by atoms with Crippen LogP contribution >= 0.6 is 23.2 Å². The Morgan fingerprint density at radius 3 is 2.17 bits per heavy atom. The fourth-order valence-corrected chi connectivity index (χ4v) is 2.87. The molecule has 1 amide bonds. The zero-order chi connectivity index (χ0) is 21.9. The van der Waals surface area contributed by atoms with E-state index in [1.807, 2.05) is 0 Å². The van der Waals surface area contributed by atoms with Gasteiger partial charge in [-0.05, 0) is 54.6 Å². The number of anilines is 1. The minimum atomic E-state index is -4.86. The largest absolute Gasteiger partial charge is 0.421 e. The molecule has 0 heterocycles. The molecule has 0 aliphatic heterocycles. The predicted molar refractivity (Wildman–Crippen MR) is 107 cm³/mol. The first-order valence-electron chi connectivity index (χ1n) is 8.40. The third-order valence-electron chi connectivity index (χ3n) is 3.92. The van der Waals surface area contributed by atoms with E-state index in [4.69, 9.17) is 27.9 Å². The van der Waals surface area contributed by atoms with Crippen molar-refractivity contribution in [3.8, 4) is 5.75 Å². The monoisotopic (exact) mass is 453 g/mol. The number of esters is 1. The van der Waals surface area contributed by atoms with Gasteiger partial charge in [0.2, 0.25) is 0 Å². The van der Waals surface area contributed by atoms with Crippen molar-refractivity contribution in [1.82, 2.24) is 0 Å². The SMILES string of the molecule is O=C(Oc1c(C(=O)Nc2cccc(Cl)c2)cccc1C(F)(F)F)c1ccc(Cl)cc1. The maximum Gasteiger partial charge on any atom is 0.420 e. The number of nitrogens with one attached hydrogen (secondary N) is 1. The van der Waals surface area contributed by atoms with Gasteiger partial charge in [0.1, 0.15) is 0 Å². The number of hydrogen-bond donors (Lipinski definition) is 1. The summed E-state index contributed by atoms with van der Waals surface area (Å²) in [7, 11) is 0. The highest BCUT2D eigenvalue weighted by molar-refractivity contribution is 6.31. The molecule has 0 atom stereocenters. The van der Waals surface area contributed by atoms with Crippen LogP contribution in [0.2, 0.25) is 10.0 Å². The number of alkyl halides is 3. The summed E-state index contributed by atoms with van der Waals surface area (Å²) < 4.78 is 45.6. The van der Waals surface area contributed by atoms with Crippen LogP contribution in [0.4, 0.5) is 18.9 Å². The molecule has 3 aromatic carbocycles. The Morgan fingerprint density at radius 2 is 1.53 bits per heavy atom. The second-order valence-electron chi connectivity index (χ2n) is 6.04. The van der Waals surface area contributed by atoms with Crippen LogP contribution < -0.4 is 10.1 Å². The minimum Gasteiger partial charge on any atom is -0.421 e. The van der Waals surface area contributed by atoms with Crippen LogP contribution in [-0.2, 0) is 6.18 Å². The molecule has 4 nitrogen and oxygen atoms in total. The van der Waals surface area contributed by atoms with Gasteiger partial charge in [0.15, 0.2) is 5.75 Å². The molecule has 3 aromatic rings. The summed E-state index contributed by atoms with van der Waals surface area (Å²) in [6, 6.07) is 14.3. The summed E-state index contributed by atoms with van der Waals surface area (Å²) in [5, 5.41) is 3.10. The summed E-state index contributed by atoms with van der Waals surface area (Å²) in [5.41, 5.74) is -1.49. The van der Waals surface area contributed by atoms with Crippen molar-refractivity contribution in [1.29, 1.82) is 0 Å². The van der Waals surface area contributed by atoms with Crippen LogP contribution in [0.5, 0.6) is 5.75 Å². The lowest BCUT2D eigenvalue weighted by molar-refractivity contribution is -0.138. The van der Waals surface area contributed by atoms with Crippen LogP contribution in [0.15, 0.2) is 66.7 Å². The normalized spacial score (nSPS) is 11.1. The Hall–Kier alpha value is -3.03. The molecule has 0 aliphatic rings. The van der Waals surface area contributed by atoms with Crippen molar-refractivity contribution in [3.63, 3.8) is 0 Å². The average molecular weight is 454 g/mol. The molecule has 0 saturated carbocycles. The standard InChI is InChI=1S/C21H12Cl2F3NO3/c22-13-9-7-12(8-10-13)20(29)30-18-16(5-2-6-17(18)21(24,25)26)19(28)27-15-4-1-3-14(23)11-15/h1-11H,(H,27,28). The number of carbonyl (C=O) groups excluding carboxylic acids is 2. The second-order valence-corrected chi connectivity index (χ2v) is 6.91. The first kappa shape index (κ1) is 21.7. The second kappa shape index (κ2) is 8.77. The van der Waals surface area contributed by atoms with E-state index in [1.165, 1.54) is 36.4 Å². The number of para-hydroxylation sites is 1. The van der Waals surface area contributed by atoms with Gasteiger partial charge in [-0.25, -0.2) is 4.79 Å². The lowest BCUT2D eigenvalue weighted by Crippen LogP contribution is -2.20. The highest BCUT2D eigenvalue weighted by Crippen LogP contribution is 2.39. The summed E-state index contributed by atoms with van der Waals surface area (Å²) in [6.07, 6.45) is -4.86. The molecule has 0 spiro atoms. The topological polar surface area (TPSA) is 55.4 Å². The van der Waals surface area contributed by atoms with E-state index in [0.29, 0.717) is 10.0 Å². The first-order chi connectivity index (χ1) is 14.1. The van der Waals surface area contributed by atoms with Gasteiger partial charge in [0.25, 0.3) is 5.91 Å². The summed E-state index contributed by atoms with van der Waals surface area (Å²) in [5.74, 6) is -2.87. The van der Waals surface area contributed by atoms with Gasteiger partial charge in [-0.1, -0.05) is 35.3 Å². The molecule has 0 bridgehead atoms. The molecule has 154 valence electrons. The van der Waals surface area contributed by atoms with Crippen LogP contribution in [0, 0.1) is 0 Å². The van der Waals surface area contributed by atoms with Crippen molar-refractivity contribution >= 4 is 40.8 Å².